The second-order valence-corrected chi connectivity index (χ2v) is 5.36. The maximum absolute atomic E-state index is 11.9. The van der Waals surface area contributed by atoms with Gasteiger partial charge in [-0.1, -0.05) is 13.8 Å². The van der Waals surface area contributed by atoms with Gasteiger partial charge < -0.3 is 19.9 Å². The van der Waals surface area contributed by atoms with Crippen LogP contribution in [0.4, 0.5) is 0 Å². The maximum atomic E-state index is 11.9. The second-order valence-electron chi connectivity index (χ2n) is 5.36. The number of nitrogens with one attached hydrogen (secondary N) is 1. The van der Waals surface area contributed by atoms with Crippen LogP contribution in [0.3, 0.4) is 0 Å². The topological polar surface area (TPSA) is 84.9 Å². The molecule has 1 amide bonds. The van der Waals surface area contributed by atoms with Crippen LogP contribution in [-0.2, 0) is 19.1 Å². The predicted molar refractivity (Wildman–Crippen MR) is 63.6 cm³/mol. The monoisotopic (exact) mass is 257 g/mol. The summed E-state index contributed by atoms with van der Waals surface area (Å²) in [7, 11) is 0. The van der Waals surface area contributed by atoms with Crippen molar-refractivity contribution in [3.8, 4) is 0 Å². The van der Waals surface area contributed by atoms with Gasteiger partial charge in [0.25, 0.3) is 5.91 Å². The van der Waals surface area contributed by atoms with Gasteiger partial charge >= 0.3 is 5.97 Å². The predicted octanol–water partition coefficient (Wildman–Crippen LogP) is 0.879. The van der Waals surface area contributed by atoms with Crippen molar-refractivity contribution < 1.29 is 24.2 Å². The lowest BCUT2D eigenvalue weighted by molar-refractivity contribution is -0.303. The number of carbonyl (C=O) groups excluding carboxylic acids is 1. The molecule has 6 heteroatoms. The second kappa shape index (κ2) is 5.07. The molecule has 0 aromatic rings. The molecule has 6 nitrogen and oxygen atoms in total. The summed E-state index contributed by atoms with van der Waals surface area (Å²) in [5.41, 5.74) is -0.476. The van der Waals surface area contributed by atoms with Crippen LogP contribution in [-0.4, -0.2) is 35.5 Å². The number of amides is 1. The van der Waals surface area contributed by atoms with Gasteiger partial charge in [-0.3, -0.25) is 4.79 Å². The van der Waals surface area contributed by atoms with E-state index in [1.807, 2.05) is 13.8 Å². The fraction of sp³-hybridized carbons (Fsp3) is 0.667. The summed E-state index contributed by atoms with van der Waals surface area (Å²) in [6.45, 7) is 7.56. The molecule has 0 aromatic carbocycles. The number of ether oxygens (including phenoxy) is 2. The summed E-state index contributed by atoms with van der Waals surface area (Å²) >= 11 is 0. The van der Waals surface area contributed by atoms with Crippen LogP contribution in [0.5, 0.6) is 0 Å². The average molecular weight is 257 g/mol. The summed E-state index contributed by atoms with van der Waals surface area (Å²) < 4.78 is 11.1. The third-order valence-corrected chi connectivity index (χ3v) is 2.59. The molecular weight excluding hydrogens is 238 g/mol. The summed E-state index contributed by atoms with van der Waals surface area (Å²) in [4.78, 5) is 22.2. The zero-order chi connectivity index (χ0) is 14.0. The van der Waals surface area contributed by atoms with Gasteiger partial charge in [-0.15, -0.1) is 0 Å². The first-order valence-electron chi connectivity index (χ1n) is 5.66. The zero-order valence-corrected chi connectivity index (χ0v) is 11.0. The molecule has 2 N–H and O–H groups in total. The Labute approximate surface area is 106 Å². The van der Waals surface area contributed by atoms with Crippen molar-refractivity contribution in [2.75, 3.05) is 6.61 Å². The fourth-order valence-electron chi connectivity index (χ4n) is 1.59. The highest BCUT2D eigenvalue weighted by Crippen LogP contribution is 2.34. The van der Waals surface area contributed by atoms with Crippen LogP contribution >= 0.6 is 0 Å². The Morgan fingerprint density at radius 1 is 1.33 bits per heavy atom. The largest absolute Gasteiger partial charge is 0.478 e. The van der Waals surface area contributed by atoms with Crippen molar-refractivity contribution in [2.45, 2.75) is 39.6 Å². The smallest absolute Gasteiger partial charge is 0.329 e. The molecule has 0 aliphatic carbocycles. The highest BCUT2D eigenvalue weighted by atomic mass is 16.7. The lowest BCUT2D eigenvalue weighted by Crippen LogP contribution is -2.55. The van der Waals surface area contributed by atoms with Crippen LogP contribution in [0.2, 0.25) is 0 Å². The molecule has 1 aliphatic rings. The quantitative estimate of drug-likeness (QED) is 0.733. The van der Waals surface area contributed by atoms with Gasteiger partial charge in [0.1, 0.15) is 6.10 Å². The lowest BCUT2D eigenvalue weighted by atomic mass is 9.85. The number of carboxylic acids is 1. The van der Waals surface area contributed by atoms with Gasteiger partial charge in [0.15, 0.2) is 5.79 Å². The molecule has 1 atom stereocenters. The fourth-order valence-corrected chi connectivity index (χ4v) is 1.59. The van der Waals surface area contributed by atoms with Gasteiger partial charge in [0.05, 0.1) is 6.61 Å². The Morgan fingerprint density at radius 2 is 1.94 bits per heavy atom. The van der Waals surface area contributed by atoms with Gasteiger partial charge in [-0.2, -0.15) is 0 Å². The van der Waals surface area contributed by atoms with E-state index < -0.39 is 23.3 Å². The molecule has 0 saturated carbocycles. The molecule has 1 fully saturated rings. The van der Waals surface area contributed by atoms with Gasteiger partial charge in [-0.05, 0) is 13.8 Å². The minimum Gasteiger partial charge on any atom is -0.478 e. The Bertz CT molecular complexity index is 373. The normalized spacial score (nSPS) is 25.9. The number of rotatable bonds is 3. The van der Waals surface area contributed by atoms with E-state index in [1.54, 1.807) is 13.8 Å². The number of carbonyl (C=O) groups is 2. The van der Waals surface area contributed by atoms with Crippen molar-refractivity contribution in [3.05, 3.63) is 12.3 Å². The number of aliphatic carboxylic acids is 1. The molecule has 1 rings (SSSR count). The molecule has 1 saturated heterocycles. The van der Waals surface area contributed by atoms with Crippen molar-refractivity contribution in [1.82, 2.24) is 5.32 Å². The van der Waals surface area contributed by atoms with Crippen LogP contribution < -0.4 is 5.32 Å². The highest BCUT2D eigenvalue weighted by molar-refractivity contribution is 5.85. The Balaban J connectivity index is 2.72. The molecule has 0 bridgehead atoms. The van der Waals surface area contributed by atoms with E-state index in [0.717, 1.165) is 12.3 Å². The Hall–Kier alpha value is -1.40. The molecule has 0 aromatic heterocycles. The average Bonchev–Trinajstić information content (AvgIpc) is 2.21. The van der Waals surface area contributed by atoms with E-state index in [2.05, 4.69) is 5.32 Å². The first-order valence-corrected chi connectivity index (χ1v) is 5.66. The standard InChI is InChI=1S/C12H19NO5/c1-11(2)7-17-12(3,4)18-9(11)10(16)13-6-5-8(14)15/h5-6,9H,7H2,1-4H3,(H,13,16)(H,14,15)/b6-5+/t9-/m1/s1. The van der Waals surface area contributed by atoms with E-state index in [9.17, 15) is 9.59 Å². The Kier molecular flexibility index (Phi) is 4.13. The summed E-state index contributed by atoms with van der Waals surface area (Å²) in [5, 5.41) is 10.8. The van der Waals surface area contributed by atoms with E-state index in [1.165, 1.54) is 0 Å². The summed E-state index contributed by atoms with van der Waals surface area (Å²) in [6.07, 6.45) is 1.25. The van der Waals surface area contributed by atoms with Crippen molar-refractivity contribution >= 4 is 11.9 Å². The summed E-state index contributed by atoms with van der Waals surface area (Å²) in [6, 6.07) is 0. The minimum absolute atomic E-state index is 0.381. The third kappa shape index (κ3) is 3.82. The lowest BCUT2D eigenvalue weighted by Gasteiger charge is -2.44. The van der Waals surface area contributed by atoms with Gasteiger partial charge in [-0.25, -0.2) is 4.79 Å². The van der Waals surface area contributed by atoms with Crippen LogP contribution in [0.15, 0.2) is 12.3 Å². The van der Waals surface area contributed by atoms with Crippen LogP contribution in [0.1, 0.15) is 27.7 Å². The molecule has 1 aliphatic heterocycles. The Morgan fingerprint density at radius 3 is 2.50 bits per heavy atom. The number of carboxylic acid groups (broad SMARTS) is 1. The number of hydrogen-bond acceptors (Lipinski definition) is 4. The number of hydrogen-bond donors (Lipinski definition) is 2. The molecule has 1 heterocycles. The van der Waals surface area contributed by atoms with E-state index in [-0.39, 0.29) is 5.91 Å². The SMILES string of the molecule is CC1(C)OCC(C)(C)[C@@H](C(=O)N/C=C/C(=O)O)O1. The first-order chi connectivity index (χ1) is 8.14. The van der Waals surface area contributed by atoms with E-state index in [0.29, 0.717) is 6.61 Å². The maximum Gasteiger partial charge on any atom is 0.329 e. The zero-order valence-electron chi connectivity index (χ0n) is 11.0. The van der Waals surface area contributed by atoms with Crippen molar-refractivity contribution in [1.29, 1.82) is 0 Å². The molecular formula is C12H19NO5. The van der Waals surface area contributed by atoms with Crippen LogP contribution in [0, 0.1) is 5.41 Å². The summed E-state index contributed by atoms with van der Waals surface area (Å²) in [5.74, 6) is -2.33. The third-order valence-electron chi connectivity index (χ3n) is 2.59. The van der Waals surface area contributed by atoms with Crippen molar-refractivity contribution in [3.63, 3.8) is 0 Å². The first kappa shape index (κ1) is 14.7. The minimum atomic E-state index is -1.12. The molecule has 0 radical (unpaired) electrons. The molecule has 0 unspecified atom stereocenters. The van der Waals surface area contributed by atoms with Gasteiger partial charge in [0.2, 0.25) is 0 Å². The van der Waals surface area contributed by atoms with E-state index in [4.69, 9.17) is 14.6 Å². The van der Waals surface area contributed by atoms with E-state index >= 15 is 0 Å². The van der Waals surface area contributed by atoms with Crippen LogP contribution in [0.25, 0.3) is 0 Å². The molecule has 102 valence electrons. The molecule has 0 spiro atoms. The highest BCUT2D eigenvalue weighted by Gasteiger charge is 2.45. The van der Waals surface area contributed by atoms with Crippen molar-refractivity contribution in [2.24, 2.45) is 5.41 Å². The van der Waals surface area contributed by atoms with Gasteiger partial charge in [0, 0.05) is 17.7 Å². The molecule has 18 heavy (non-hydrogen) atoms.